The van der Waals surface area contributed by atoms with Crippen LogP contribution in [-0.4, -0.2) is 56.4 Å². The Kier molecular flexibility index (Phi) is 12.0. The molecule has 7 nitrogen and oxygen atoms in total. The van der Waals surface area contributed by atoms with Gasteiger partial charge in [-0.1, -0.05) is 51.8 Å². The van der Waals surface area contributed by atoms with Crippen LogP contribution >= 0.6 is 27.5 Å². The molecule has 0 aromatic heterocycles. The largest absolute Gasteiger partial charge is 0.466 e. The number of allylic oxidation sites excluding steroid dienone is 3. The highest BCUT2D eigenvalue weighted by molar-refractivity contribution is 9.10. The van der Waals surface area contributed by atoms with E-state index in [4.69, 9.17) is 30.5 Å². The molecule has 0 spiro atoms. The van der Waals surface area contributed by atoms with Crippen LogP contribution in [0.2, 0.25) is 5.02 Å². The molecule has 0 saturated heterocycles. The minimum Gasteiger partial charge on any atom is -0.466 e. The van der Waals surface area contributed by atoms with Crippen molar-refractivity contribution in [3.8, 4) is 5.75 Å². The summed E-state index contributed by atoms with van der Waals surface area (Å²) in [6.45, 7) is 6.14. The molecule has 0 amide bonds. The third-order valence-corrected chi connectivity index (χ3v) is 5.80. The van der Waals surface area contributed by atoms with Crippen LogP contribution in [0.15, 0.2) is 40.9 Å². The monoisotopic (exact) mass is 559 g/mol. The van der Waals surface area contributed by atoms with Crippen LogP contribution in [0.1, 0.15) is 45.2 Å². The van der Waals surface area contributed by atoms with E-state index in [0.717, 1.165) is 10.9 Å². The van der Waals surface area contributed by atoms with E-state index in [1.165, 1.54) is 0 Å². The van der Waals surface area contributed by atoms with Crippen LogP contribution < -0.4 is 10.1 Å². The lowest BCUT2D eigenvalue weighted by Crippen LogP contribution is -2.42. The molecule has 190 valence electrons. The summed E-state index contributed by atoms with van der Waals surface area (Å²) in [6, 6.07) is 2.74. The summed E-state index contributed by atoms with van der Waals surface area (Å²) >= 11 is 10.0. The summed E-state index contributed by atoms with van der Waals surface area (Å²) in [6.07, 6.45) is 8.85. The molecule has 1 aromatic rings. The minimum atomic E-state index is -0.627. The molecule has 0 radical (unpaired) electrons. The van der Waals surface area contributed by atoms with Gasteiger partial charge in [0, 0.05) is 29.2 Å². The molecular weight excluding hydrogens is 526 g/mol. The highest BCUT2D eigenvalue weighted by atomic mass is 79.9. The van der Waals surface area contributed by atoms with Gasteiger partial charge in [0.05, 0.1) is 31.3 Å². The van der Waals surface area contributed by atoms with E-state index in [1.807, 2.05) is 45.1 Å². The Morgan fingerprint density at radius 1 is 1.29 bits per heavy atom. The molecule has 0 aliphatic heterocycles. The maximum absolute atomic E-state index is 12.8. The first kappa shape index (κ1) is 28.8. The zero-order chi connectivity index (χ0) is 25.1. The molecular formula is C25H35BrClNO6. The number of aliphatic hydroxyl groups excluding tert-OH is 1. The highest BCUT2D eigenvalue weighted by Crippen LogP contribution is 2.38. The van der Waals surface area contributed by atoms with Crippen molar-refractivity contribution < 1.29 is 28.8 Å². The van der Waals surface area contributed by atoms with Crippen LogP contribution in [0.5, 0.6) is 5.75 Å². The van der Waals surface area contributed by atoms with Crippen molar-refractivity contribution in [2.24, 2.45) is 5.92 Å². The van der Waals surface area contributed by atoms with E-state index < -0.39 is 11.6 Å². The van der Waals surface area contributed by atoms with Gasteiger partial charge >= 0.3 is 5.97 Å². The second-order valence-electron chi connectivity index (χ2n) is 8.98. The Labute approximate surface area is 215 Å². The Balaban J connectivity index is 2.34. The fraction of sp³-hybridized carbons (Fsp3) is 0.560. The molecule has 0 bridgehead atoms. The predicted octanol–water partition coefficient (Wildman–Crippen LogP) is 4.96. The molecule has 3 atom stereocenters. The van der Waals surface area contributed by atoms with Gasteiger partial charge < -0.3 is 29.4 Å². The summed E-state index contributed by atoms with van der Waals surface area (Å²) in [7, 11) is 1.59. The average Bonchev–Trinajstić information content (AvgIpc) is 2.76. The van der Waals surface area contributed by atoms with Crippen molar-refractivity contribution in [3.63, 3.8) is 0 Å². The Morgan fingerprint density at radius 3 is 2.68 bits per heavy atom. The third-order valence-electron chi connectivity index (χ3n) is 5.06. The second-order valence-corrected chi connectivity index (χ2v) is 10.3. The van der Waals surface area contributed by atoms with Gasteiger partial charge in [-0.15, -0.1) is 0 Å². The molecule has 1 unspecified atom stereocenters. The van der Waals surface area contributed by atoms with Crippen LogP contribution in [-0.2, 0) is 19.0 Å². The van der Waals surface area contributed by atoms with Gasteiger partial charge in [0.15, 0.2) is 6.79 Å². The molecule has 0 heterocycles. The van der Waals surface area contributed by atoms with Crippen molar-refractivity contribution in [1.82, 2.24) is 5.32 Å². The summed E-state index contributed by atoms with van der Waals surface area (Å²) in [4.78, 5) is 12.8. The molecule has 1 aromatic carbocycles. The van der Waals surface area contributed by atoms with E-state index >= 15 is 0 Å². The van der Waals surface area contributed by atoms with Crippen molar-refractivity contribution in [2.45, 2.75) is 51.3 Å². The van der Waals surface area contributed by atoms with Crippen molar-refractivity contribution >= 4 is 33.5 Å². The van der Waals surface area contributed by atoms with E-state index in [2.05, 4.69) is 27.3 Å². The first-order chi connectivity index (χ1) is 16.1. The number of hydrogen-bond donors (Lipinski definition) is 2. The van der Waals surface area contributed by atoms with E-state index in [-0.39, 0.29) is 37.7 Å². The molecule has 34 heavy (non-hydrogen) atoms. The van der Waals surface area contributed by atoms with E-state index in [1.54, 1.807) is 13.2 Å². The van der Waals surface area contributed by atoms with Gasteiger partial charge in [-0.3, -0.25) is 4.79 Å². The fourth-order valence-corrected chi connectivity index (χ4v) is 4.46. The van der Waals surface area contributed by atoms with Gasteiger partial charge in [0.25, 0.3) is 0 Å². The zero-order valence-corrected chi connectivity index (χ0v) is 22.5. The molecule has 1 aliphatic rings. The lowest BCUT2D eigenvalue weighted by atomic mass is 9.91. The van der Waals surface area contributed by atoms with Crippen molar-refractivity contribution in [3.05, 3.63) is 51.5 Å². The van der Waals surface area contributed by atoms with Crippen LogP contribution in [0.25, 0.3) is 0 Å². The molecule has 9 heteroatoms. The molecule has 2 rings (SSSR count). The third kappa shape index (κ3) is 9.68. The van der Waals surface area contributed by atoms with Crippen LogP contribution in [0.3, 0.4) is 0 Å². The van der Waals surface area contributed by atoms with Crippen molar-refractivity contribution in [1.29, 1.82) is 0 Å². The summed E-state index contributed by atoms with van der Waals surface area (Å²) in [5.74, 6) is 0.0961. The summed E-state index contributed by atoms with van der Waals surface area (Å²) in [5, 5.41) is 14.0. The first-order valence-corrected chi connectivity index (χ1v) is 12.4. The SMILES string of the molecule is COCCOCOc1c(Cl)cc(Br)cc1[C@H](CC(=O)OC(C)(C)C)N[C@@H](CO)C1C=CC=CC1. The number of carbonyl (C=O) groups is 1. The second kappa shape index (κ2) is 14.2. The maximum Gasteiger partial charge on any atom is 0.308 e. The highest BCUT2D eigenvalue weighted by Gasteiger charge is 2.29. The number of esters is 1. The smallest absolute Gasteiger partial charge is 0.308 e. The van der Waals surface area contributed by atoms with Gasteiger partial charge in [-0.2, -0.15) is 0 Å². The number of benzene rings is 1. The number of nitrogens with one attached hydrogen (secondary N) is 1. The predicted molar refractivity (Wildman–Crippen MR) is 136 cm³/mol. The molecule has 1 aliphatic carbocycles. The maximum atomic E-state index is 12.8. The fourth-order valence-electron chi connectivity index (χ4n) is 3.57. The van der Waals surface area contributed by atoms with Crippen molar-refractivity contribution in [2.75, 3.05) is 33.7 Å². The van der Waals surface area contributed by atoms with Gasteiger partial charge in [-0.05, 0) is 45.2 Å². The van der Waals surface area contributed by atoms with E-state index in [0.29, 0.717) is 29.5 Å². The van der Waals surface area contributed by atoms with Gasteiger partial charge in [-0.25, -0.2) is 0 Å². The lowest BCUT2D eigenvalue weighted by molar-refractivity contribution is -0.155. The Morgan fingerprint density at radius 2 is 2.06 bits per heavy atom. The number of carbonyl (C=O) groups excluding carboxylic acids is 1. The molecule has 0 saturated carbocycles. The average molecular weight is 561 g/mol. The standard InChI is InChI=1S/C25H35BrClNO6/c1-25(2,3)34-23(30)14-21(28-22(15-29)17-8-6-5-7-9-17)19-12-18(26)13-20(27)24(19)33-16-32-11-10-31-4/h5-8,12-13,17,21-22,28-29H,9-11,14-16H2,1-4H3/t17?,21-,22-/m0/s1. The van der Waals surface area contributed by atoms with Crippen LogP contribution in [0.4, 0.5) is 0 Å². The quantitative estimate of drug-likeness (QED) is 0.200. The zero-order valence-electron chi connectivity index (χ0n) is 20.2. The van der Waals surface area contributed by atoms with Crippen LogP contribution in [0, 0.1) is 5.92 Å². The summed E-state index contributed by atoms with van der Waals surface area (Å²) in [5.41, 5.74) is 0.0348. The number of halogens is 2. The van der Waals surface area contributed by atoms with Gasteiger partial charge in [0.2, 0.25) is 0 Å². The number of rotatable bonds is 13. The number of aliphatic hydroxyl groups is 1. The normalized spacial score (nSPS) is 17.4. The number of methoxy groups -OCH3 is 1. The number of ether oxygens (including phenoxy) is 4. The lowest BCUT2D eigenvalue weighted by Gasteiger charge is -2.31. The first-order valence-electron chi connectivity index (χ1n) is 11.2. The topological polar surface area (TPSA) is 86.3 Å². The van der Waals surface area contributed by atoms with Gasteiger partial charge in [0.1, 0.15) is 11.4 Å². The minimum absolute atomic E-state index is 0.0215. The molecule has 2 N–H and O–H groups in total. The number of hydrogen-bond acceptors (Lipinski definition) is 7. The van der Waals surface area contributed by atoms with E-state index in [9.17, 15) is 9.90 Å². The Hall–Kier alpha value is -1.42. The molecule has 0 fully saturated rings. The summed E-state index contributed by atoms with van der Waals surface area (Å²) < 4.78 is 22.6. The Bertz CT molecular complexity index is 855.